The number of aliphatic hydroxyl groups is 2. The van der Waals surface area contributed by atoms with Crippen LogP contribution in [0, 0.1) is 0 Å². The van der Waals surface area contributed by atoms with Gasteiger partial charge in [0.1, 0.15) is 0 Å². The third-order valence-electron chi connectivity index (χ3n) is 9.56. The van der Waals surface area contributed by atoms with Crippen LogP contribution in [0.1, 0.15) is 88.9 Å². The molecule has 55 heavy (non-hydrogen) atoms. The molecule has 6 rings (SSSR count). The maximum Gasteiger partial charge on any atom is 0.494 e. The number of carbonyl (C=O) groups excluding carboxylic acids is 2. The van der Waals surface area contributed by atoms with Crippen molar-refractivity contribution < 1.29 is 43.9 Å². The molecule has 0 aliphatic carbocycles. The Hall–Kier alpha value is -4.33. The number of amides is 2. The molecule has 0 unspecified atom stereocenters. The zero-order valence-electron chi connectivity index (χ0n) is 33.2. The molecule has 11 nitrogen and oxygen atoms in total. The Morgan fingerprint density at radius 2 is 0.982 bits per heavy atom. The highest BCUT2D eigenvalue weighted by Gasteiger charge is 2.51. The van der Waals surface area contributed by atoms with E-state index in [9.17, 15) is 9.59 Å². The Morgan fingerprint density at radius 3 is 1.29 bits per heavy atom. The molecule has 2 heterocycles. The van der Waals surface area contributed by atoms with Crippen molar-refractivity contribution in [3.63, 3.8) is 0 Å². The van der Waals surface area contributed by atoms with Crippen LogP contribution in [0.2, 0.25) is 0 Å². The van der Waals surface area contributed by atoms with Crippen LogP contribution >= 0.6 is 0 Å². The zero-order valence-corrected chi connectivity index (χ0v) is 33.2. The first kappa shape index (κ1) is 45.1. The molecule has 0 bridgehead atoms. The van der Waals surface area contributed by atoms with Gasteiger partial charge in [-0.1, -0.05) is 60.7 Å². The molecule has 2 fully saturated rings. The van der Waals surface area contributed by atoms with Crippen LogP contribution in [0.3, 0.4) is 0 Å². The van der Waals surface area contributed by atoms with Crippen molar-refractivity contribution in [2.45, 2.75) is 90.6 Å². The summed E-state index contributed by atoms with van der Waals surface area (Å²) in [4.78, 5) is 24.0. The fourth-order valence-electron chi connectivity index (χ4n) is 4.54. The van der Waals surface area contributed by atoms with Crippen LogP contribution in [0.4, 0.5) is 11.4 Å². The number of rotatable bonds is 7. The van der Waals surface area contributed by atoms with Crippen LogP contribution in [0.25, 0.3) is 0 Å². The summed E-state index contributed by atoms with van der Waals surface area (Å²) >= 11 is 0. The molecule has 0 radical (unpaired) electrons. The first-order valence-corrected chi connectivity index (χ1v) is 18.4. The molecule has 2 aliphatic rings. The highest BCUT2D eigenvalue weighted by atomic mass is 16.7. The molecule has 2 amide bonds. The van der Waals surface area contributed by atoms with Gasteiger partial charge in [0, 0.05) is 35.7 Å². The number of hydrogen-bond acceptors (Lipinski definition) is 9. The Kier molecular flexibility index (Phi) is 16.4. The van der Waals surface area contributed by atoms with E-state index in [2.05, 4.69) is 10.6 Å². The smallest absolute Gasteiger partial charge is 0.423 e. The first-order valence-electron chi connectivity index (χ1n) is 18.4. The second-order valence-electron chi connectivity index (χ2n) is 15.3. The van der Waals surface area contributed by atoms with Gasteiger partial charge in [0.15, 0.2) is 0 Å². The molecule has 0 atom stereocenters. The number of ether oxygens (including phenoxy) is 1. The van der Waals surface area contributed by atoms with Crippen LogP contribution in [-0.4, -0.2) is 81.9 Å². The molecule has 13 heteroatoms. The second kappa shape index (κ2) is 20.0. The van der Waals surface area contributed by atoms with Gasteiger partial charge in [-0.15, -0.1) is 0 Å². The van der Waals surface area contributed by atoms with Crippen LogP contribution in [-0.2, 0) is 14.0 Å². The molecular formula is C42H56B2N2O9. The lowest BCUT2D eigenvalue weighted by atomic mass is 9.79. The van der Waals surface area contributed by atoms with Crippen molar-refractivity contribution in [2.24, 2.45) is 0 Å². The average Bonchev–Trinajstić information content (AvgIpc) is 3.79. The normalized spacial score (nSPS) is 15.5. The summed E-state index contributed by atoms with van der Waals surface area (Å²) in [7, 11) is -1.89. The van der Waals surface area contributed by atoms with E-state index in [-0.39, 0.29) is 23.0 Å². The van der Waals surface area contributed by atoms with Gasteiger partial charge in [0.25, 0.3) is 11.8 Å². The highest BCUT2D eigenvalue weighted by Crippen LogP contribution is 2.36. The van der Waals surface area contributed by atoms with Crippen molar-refractivity contribution in [3.8, 4) is 0 Å². The summed E-state index contributed by atoms with van der Waals surface area (Å²) in [6.45, 7) is 16.4. The van der Waals surface area contributed by atoms with Gasteiger partial charge in [0.2, 0.25) is 0 Å². The molecule has 0 aromatic heterocycles. The quantitative estimate of drug-likeness (QED) is 0.140. The monoisotopic (exact) mass is 754 g/mol. The van der Waals surface area contributed by atoms with Crippen molar-refractivity contribution in [2.75, 3.05) is 23.8 Å². The lowest BCUT2D eigenvalue weighted by molar-refractivity contribution is -0.107. The average molecular weight is 755 g/mol. The minimum atomic E-state index is -1.50. The number of nitrogens with one attached hydrogen (secondary N) is 2. The molecule has 2 saturated heterocycles. The van der Waals surface area contributed by atoms with E-state index in [0.29, 0.717) is 22.3 Å². The molecule has 4 aromatic rings. The Bertz CT molecular complexity index is 1720. The van der Waals surface area contributed by atoms with Crippen LogP contribution in [0.15, 0.2) is 109 Å². The standard InChI is InChI=1S/C19H22BNO3.C13H12BNO3.C6H14O2.C4H8O/c1-18(2)19(3,4)24-20(23-18)15-10-12-16(13-11-15)21-17(22)14-8-6-5-7-9-14;16-13(10-4-2-1-3-5-10)15-12-8-6-11(7-9-12)14(17)18;1-5(2,7)6(3,4)8;1-2-4-5-3-1/h5-13H,1-4H3,(H,21,22);1-9,17-18H,(H,15,16);7-8H,1-4H3;1-4H2. The summed E-state index contributed by atoms with van der Waals surface area (Å²) in [6, 6.07) is 31.9. The van der Waals surface area contributed by atoms with Crippen molar-refractivity contribution in [3.05, 3.63) is 120 Å². The van der Waals surface area contributed by atoms with E-state index in [1.165, 1.54) is 12.8 Å². The van der Waals surface area contributed by atoms with E-state index < -0.39 is 25.4 Å². The fourth-order valence-corrected chi connectivity index (χ4v) is 4.54. The largest absolute Gasteiger partial charge is 0.494 e. The minimum Gasteiger partial charge on any atom is -0.423 e. The van der Waals surface area contributed by atoms with E-state index >= 15 is 0 Å². The number of hydrogen-bond donors (Lipinski definition) is 6. The molecule has 2 aliphatic heterocycles. The lowest BCUT2D eigenvalue weighted by Gasteiger charge is -2.32. The van der Waals surface area contributed by atoms with Gasteiger partial charge in [-0.2, -0.15) is 0 Å². The molecule has 4 aromatic carbocycles. The maximum absolute atomic E-state index is 12.2. The summed E-state index contributed by atoms with van der Waals surface area (Å²) in [5.74, 6) is -0.327. The summed E-state index contributed by atoms with van der Waals surface area (Å²) in [5, 5.41) is 41.7. The molecule has 0 saturated carbocycles. The minimum absolute atomic E-state index is 0.126. The third-order valence-corrected chi connectivity index (χ3v) is 9.56. The topological polar surface area (TPSA) is 167 Å². The van der Waals surface area contributed by atoms with Gasteiger partial charge in [-0.3, -0.25) is 9.59 Å². The van der Waals surface area contributed by atoms with E-state index in [1.54, 1.807) is 88.4 Å². The molecule has 0 spiro atoms. The van der Waals surface area contributed by atoms with Gasteiger partial charge in [-0.05, 0) is 128 Å². The van der Waals surface area contributed by atoms with Crippen LogP contribution in [0.5, 0.6) is 0 Å². The van der Waals surface area contributed by atoms with E-state index in [0.717, 1.165) is 24.4 Å². The van der Waals surface area contributed by atoms with Gasteiger partial charge in [-0.25, -0.2) is 0 Å². The number of benzene rings is 4. The van der Waals surface area contributed by atoms with Crippen molar-refractivity contribution >= 4 is 48.4 Å². The zero-order chi connectivity index (χ0) is 40.9. The van der Waals surface area contributed by atoms with E-state index in [1.807, 2.05) is 76.2 Å². The number of anilines is 2. The lowest BCUT2D eigenvalue weighted by Crippen LogP contribution is -2.44. The second-order valence-corrected chi connectivity index (χ2v) is 15.3. The van der Waals surface area contributed by atoms with E-state index in [4.69, 9.17) is 34.3 Å². The SMILES string of the molecule is C1CCOC1.CC(C)(O)C(C)(C)O.CC1(C)OB(c2ccc(NC(=O)c3ccccc3)cc2)OC1(C)C.O=C(Nc1ccc(B(O)O)cc1)c1ccccc1. The van der Waals surface area contributed by atoms with Gasteiger partial charge >= 0.3 is 14.2 Å². The third kappa shape index (κ3) is 14.4. The summed E-state index contributed by atoms with van der Waals surface area (Å²) in [6.07, 6.45) is 2.56. The molecule has 6 N–H and O–H groups in total. The summed E-state index contributed by atoms with van der Waals surface area (Å²) in [5.41, 5.74) is 1.13. The molecular weight excluding hydrogens is 698 g/mol. The fraction of sp³-hybridized carbons (Fsp3) is 0.381. The van der Waals surface area contributed by atoms with Crippen molar-refractivity contribution in [1.29, 1.82) is 0 Å². The first-order chi connectivity index (χ1) is 25.7. The van der Waals surface area contributed by atoms with Crippen molar-refractivity contribution in [1.82, 2.24) is 0 Å². The Morgan fingerprint density at radius 1 is 0.618 bits per heavy atom. The number of carbonyl (C=O) groups is 2. The molecule has 294 valence electrons. The summed E-state index contributed by atoms with van der Waals surface area (Å²) < 4.78 is 17.0. The van der Waals surface area contributed by atoms with Crippen LogP contribution < -0.4 is 21.6 Å². The maximum atomic E-state index is 12.2. The van der Waals surface area contributed by atoms with Gasteiger partial charge in [0.05, 0.1) is 22.4 Å². The Balaban J connectivity index is 0.000000228. The Labute approximate surface area is 326 Å². The highest BCUT2D eigenvalue weighted by molar-refractivity contribution is 6.62. The predicted molar refractivity (Wildman–Crippen MR) is 220 cm³/mol. The predicted octanol–water partition coefficient (Wildman–Crippen LogP) is 5.18. The van der Waals surface area contributed by atoms with Gasteiger partial charge < -0.3 is 44.9 Å².